The van der Waals surface area contributed by atoms with Crippen LogP contribution in [0, 0.1) is 11.8 Å². The van der Waals surface area contributed by atoms with Crippen molar-refractivity contribution in [2.75, 3.05) is 13.1 Å². The number of hydrogen-bond acceptors (Lipinski definition) is 3. The molecule has 1 saturated heterocycles. The zero-order valence-corrected chi connectivity index (χ0v) is 11.6. The number of aliphatic hydroxyl groups excluding tert-OH is 1. The van der Waals surface area contributed by atoms with Crippen molar-refractivity contribution in [2.45, 2.75) is 52.7 Å². The van der Waals surface area contributed by atoms with Gasteiger partial charge >= 0.3 is 6.09 Å². The van der Waals surface area contributed by atoms with Crippen molar-refractivity contribution in [2.24, 2.45) is 11.8 Å². The first-order valence-corrected chi connectivity index (χ1v) is 6.35. The molecule has 4 nitrogen and oxygen atoms in total. The molecule has 17 heavy (non-hydrogen) atoms. The number of aliphatic hydroxyl groups is 1. The summed E-state index contributed by atoms with van der Waals surface area (Å²) in [5, 5.41) is 9.91. The van der Waals surface area contributed by atoms with Crippen molar-refractivity contribution in [1.29, 1.82) is 0 Å². The van der Waals surface area contributed by atoms with Crippen molar-refractivity contribution < 1.29 is 14.6 Å². The van der Waals surface area contributed by atoms with Gasteiger partial charge in [-0.2, -0.15) is 0 Å². The lowest BCUT2D eigenvalue weighted by atomic mass is 9.95. The summed E-state index contributed by atoms with van der Waals surface area (Å²) in [5.41, 5.74) is -0.474. The monoisotopic (exact) mass is 243 g/mol. The Morgan fingerprint density at radius 3 is 2.47 bits per heavy atom. The van der Waals surface area contributed by atoms with E-state index in [0.29, 0.717) is 19.0 Å². The Morgan fingerprint density at radius 1 is 1.41 bits per heavy atom. The quantitative estimate of drug-likeness (QED) is 0.809. The number of ether oxygens (including phenoxy) is 1. The van der Waals surface area contributed by atoms with E-state index >= 15 is 0 Å². The molecule has 0 bridgehead atoms. The van der Waals surface area contributed by atoms with Gasteiger partial charge in [0.25, 0.3) is 0 Å². The van der Waals surface area contributed by atoms with E-state index in [2.05, 4.69) is 13.8 Å². The smallest absolute Gasteiger partial charge is 0.410 e. The predicted octanol–water partition coefficient (Wildman–Crippen LogP) is 2.26. The zero-order chi connectivity index (χ0) is 13.2. The fourth-order valence-corrected chi connectivity index (χ4v) is 2.17. The Bertz CT molecular complexity index is 270. The molecule has 0 aromatic carbocycles. The van der Waals surface area contributed by atoms with E-state index < -0.39 is 11.7 Å². The molecule has 4 heteroatoms. The lowest BCUT2D eigenvalue weighted by molar-refractivity contribution is 0.0269. The minimum atomic E-state index is -0.474. The van der Waals surface area contributed by atoms with Crippen molar-refractivity contribution in [3.63, 3.8) is 0 Å². The minimum absolute atomic E-state index is 0.183. The number of rotatable bonds is 2. The molecule has 0 spiro atoms. The van der Waals surface area contributed by atoms with Crippen LogP contribution in [-0.2, 0) is 4.74 Å². The van der Waals surface area contributed by atoms with Crippen LogP contribution in [0.3, 0.4) is 0 Å². The number of amides is 1. The van der Waals surface area contributed by atoms with E-state index in [1.54, 1.807) is 4.90 Å². The topological polar surface area (TPSA) is 49.8 Å². The second kappa shape index (κ2) is 5.25. The maximum absolute atomic E-state index is 11.8. The van der Waals surface area contributed by atoms with Gasteiger partial charge in [0.2, 0.25) is 0 Å². The first-order valence-electron chi connectivity index (χ1n) is 6.35. The average Bonchev–Trinajstić information content (AvgIpc) is 2.44. The van der Waals surface area contributed by atoms with Crippen molar-refractivity contribution in [3.05, 3.63) is 0 Å². The summed E-state index contributed by atoms with van der Waals surface area (Å²) in [5.74, 6) is 0.718. The fraction of sp³-hybridized carbons (Fsp3) is 0.923. The van der Waals surface area contributed by atoms with Gasteiger partial charge in [0.05, 0.1) is 12.6 Å². The van der Waals surface area contributed by atoms with Gasteiger partial charge in [0.1, 0.15) is 5.60 Å². The van der Waals surface area contributed by atoms with E-state index in [9.17, 15) is 9.90 Å². The molecule has 1 aliphatic rings. The highest BCUT2D eigenvalue weighted by molar-refractivity contribution is 5.68. The number of β-amino-alcohol motifs (C(OH)–C–C–N with tert-alkyl or cyclic N) is 1. The molecule has 2 atom stereocenters. The van der Waals surface area contributed by atoms with Crippen molar-refractivity contribution >= 4 is 6.09 Å². The summed E-state index contributed by atoms with van der Waals surface area (Å²) in [7, 11) is 0. The molecule has 0 aromatic rings. The third-order valence-electron chi connectivity index (χ3n) is 2.83. The number of likely N-dealkylation sites (tertiary alicyclic amines) is 1. The standard InChI is InChI=1S/C13H25NO3/c1-9(2)6-10-7-14(8-11(10)15)12(16)17-13(3,4)5/h9-11,15H,6-8H2,1-5H3/t10-,11+/m1/s1. The molecule has 0 radical (unpaired) electrons. The molecular weight excluding hydrogens is 218 g/mol. The molecule has 0 unspecified atom stereocenters. The van der Waals surface area contributed by atoms with E-state index in [0.717, 1.165) is 6.42 Å². The first-order chi connectivity index (χ1) is 7.69. The summed E-state index contributed by atoms with van der Waals surface area (Å²) in [4.78, 5) is 13.4. The maximum Gasteiger partial charge on any atom is 0.410 e. The fourth-order valence-electron chi connectivity index (χ4n) is 2.17. The summed E-state index contributed by atoms with van der Waals surface area (Å²) >= 11 is 0. The van der Waals surface area contributed by atoms with Crippen LogP contribution in [0.15, 0.2) is 0 Å². The Hall–Kier alpha value is -0.770. The van der Waals surface area contributed by atoms with E-state index in [4.69, 9.17) is 4.74 Å². The summed E-state index contributed by atoms with van der Waals surface area (Å²) in [6.07, 6.45) is 0.216. The first kappa shape index (κ1) is 14.3. The molecule has 0 aliphatic carbocycles. The second-order valence-electron chi connectivity index (χ2n) is 6.34. The highest BCUT2D eigenvalue weighted by Gasteiger charge is 2.36. The third-order valence-corrected chi connectivity index (χ3v) is 2.83. The predicted molar refractivity (Wildman–Crippen MR) is 66.8 cm³/mol. The van der Waals surface area contributed by atoms with Crippen LogP contribution in [0.5, 0.6) is 0 Å². The molecule has 1 amide bonds. The molecule has 1 fully saturated rings. The maximum atomic E-state index is 11.8. The SMILES string of the molecule is CC(C)C[C@@H]1CN(C(=O)OC(C)(C)C)C[C@@H]1O. The number of nitrogens with zero attached hydrogens (tertiary/aromatic N) is 1. The van der Waals surface area contributed by atoms with Crippen LogP contribution in [0.25, 0.3) is 0 Å². The third kappa shape index (κ3) is 4.54. The van der Waals surface area contributed by atoms with Gasteiger partial charge in [-0.1, -0.05) is 13.8 Å². The normalized spacial score (nSPS) is 25.5. The second-order valence-corrected chi connectivity index (χ2v) is 6.34. The van der Waals surface area contributed by atoms with Crippen molar-refractivity contribution in [1.82, 2.24) is 4.90 Å². The van der Waals surface area contributed by atoms with Crippen LogP contribution in [0.2, 0.25) is 0 Å². The number of hydrogen-bond donors (Lipinski definition) is 1. The molecule has 1 aliphatic heterocycles. The molecule has 100 valence electrons. The lowest BCUT2D eigenvalue weighted by Crippen LogP contribution is -2.35. The summed E-state index contributed by atoms with van der Waals surface area (Å²) in [6, 6.07) is 0. The van der Waals surface area contributed by atoms with Crippen LogP contribution in [0.4, 0.5) is 4.79 Å². The Balaban J connectivity index is 2.51. The van der Waals surface area contributed by atoms with Gasteiger partial charge in [-0.25, -0.2) is 4.79 Å². The minimum Gasteiger partial charge on any atom is -0.444 e. The molecule has 1 N–H and O–H groups in total. The molecular formula is C13H25NO3. The largest absolute Gasteiger partial charge is 0.444 e. The highest BCUT2D eigenvalue weighted by atomic mass is 16.6. The van der Waals surface area contributed by atoms with Crippen LogP contribution in [0.1, 0.15) is 41.0 Å². The van der Waals surface area contributed by atoms with Gasteiger partial charge in [0.15, 0.2) is 0 Å². The van der Waals surface area contributed by atoms with Crippen molar-refractivity contribution in [3.8, 4) is 0 Å². The van der Waals surface area contributed by atoms with Crippen LogP contribution < -0.4 is 0 Å². The Morgan fingerprint density at radius 2 is 2.00 bits per heavy atom. The van der Waals surface area contributed by atoms with Crippen LogP contribution in [-0.4, -0.2) is 40.9 Å². The van der Waals surface area contributed by atoms with Gasteiger partial charge in [0, 0.05) is 12.5 Å². The number of carbonyl (C=O) groups excluding carboxylic acids is 1. The molecule has 1 heterocycles. The number of carbonyl (C=O) groups is 1. The highest BCUT2D eigenvalue weighted by Crippen LogP contribution is 2.25. The van der Waals surface area contributed by atoms with E-state index in [-0.39, 0.29) is 12.0 Å². The van der Waals surface area contributed by atoms with Gasteiger partial charge in [-0.05, 0) is 33.1 Å². The molecule has 1 rings (SSSR count). The van der Waals surface area contributed by atoms with Gasteiger partial charge in [-0.15, -0.1) is 0 Å². The van der Waals surface area contributed by atoms with Gasteiger partial charge in [-0.3, -0.25) is 0 Å². The molecule has 0 saturated carbocycles. The van der Waals surface area contributed by atoms with E-state index in [1.165, 1.54) is 0 Å². The Labute approximate surface area is 104 Å². The lowest BCUT2D eigenvalue weighted by Gasteiger charge is -2.24. The summed E-state index contributed by atoms with van der Waals surface area (Å²) in [6.45, 7) is 10.8. The van der Waals surface area contributed by atoms with Crippen LogP contribution >= 0.6 is 0 Å². The zero-order valence-electron chi connectivity index (χ0n) is 11.6. The van der Waals surface area contributed by atoms with Gasteiger partial charge < -0.3 is 14.7 Å². The molecule has 0 aromatic heterocycles. The Kier molecular flexibility index (Phi) is 4.42. The average molecular weight is 243 g/mol. The van der Waals surface area contributed by atoms with E-state index in [1.807, 2.05) is 20.8 Å². The summed E-state index contributed by atoms with van der Waals surface area (Å²) < 4.78 is 5.30.